The van der Waals surface area contributed by atoms with Crippen LogP contribution in [0.1, 0.15) is 20.9 Å². The Morgan fingerprint density at radius 1 is 1.10 bits per heavy atom. The van der Waals surface area contributed by atoms with Crippen LogP contribution in [-0.4, -0.2) is 38.4 Å². The number of hydrogen-bond acceptors (Lipinski definition) is 8. The molecule has 1 heterocycles. The maximum Gasteiger partial charge on any atom is 0.257 e. The summed E-state index contributed by atoms with van der Waals surface area (Å²) in [7, 11) is 0. The van der Waals surface area contributed by atoms with Gasteiger partial charge in [0.15, 0.2) is 11.5 Å². The van der Waals surface area contributed by atoms with Gasteiger partial charge in [0.1, 0.15) is 5.01 Å². The van der Waals surface area contributed by atoms with Crippen LogP contribution in [0.15, 0.2) is 47.6 Å². The first-order valence-electron chi connectivity index (χ1n) is 8.14. The molecule has 2 aromatic carbocycles. The zero-order chi connectivity index (χ0) is 20.8. The SMILES string of the molecule is O=C(Cc1nnc(NC(=O)c2ccc(Cl)cc2)s1)N/N=C\c1ccc(O)c(O)c1. The summed E-state index contributed by atoms with van der Waals surface area (Å²) in [6, 6.07) is 10.5. The minimum Gasteiger partial charge on any atom is -0.504 e. The van der Waals surface area contributed by atoms with E-state index in [1.807, 2.05) is 0 Å². The van der Waals surface area contributed by atoms with Crippen LogP contribution >= 0.6 is 22.9 Å². The fourth-order valence-corrected chi connectivity index (χ4v) is 2.98. The third-order valence-corrected chi connectivity index (χ3v) is 4.60. The zero-order valence-electron chi connectivity index (χ0n) is 14.7. The summed E-state index contributed by atoms with van der Waals surface area (Å²) in [5, 5.41) is 33.9. The third kappa shape index (κ3) is 5.74. The first-order valence-corrected chi connectivity index (χ1v) is 9.33. The molecule has 0 fully saturated rings. The van der Waals surface area contributed by atoms with Gasteiger partial charge in [-0.2, -0.15) is 5.10 Å². The van der Waals surface area contributed by atoms with Crippen molar-refractivity contribution in [1.29, 1.82) is 0 Å². The van der Waals surface area contributed by atoms with Gasteiger partial charge >= 0.3 is 0 Å². The predicted molar refractivity (Wildman–Crippen MR) is 109 cm³/mol. The quantitative estimate of drug-likeness (QED) is 0.269. The number of carbonyl (C=O) groups excluding carboxylic acids is 2. The lowest BCUT2D eigenvalue weighted by Crippen LogP contribution is -2.19. The fourth-order valence-electron chi connectivity index (χ4n) is 2.12. The van der Waals surface area contributed by atoms with E-state index in [2.05, 4.69) is 26.0 Å². The molecular weight excluding hydrogens is 418 g/mol. The average molecular weight is 432 g/mol. The van der Waals surface area contributed by atoms with Gasteiger partial charge in [-0.1, -0.05) is 22.9 Å². The molecule has 4 N–H and O–H groups in total. The summed E-state index contributed by atoms with van der Waals surface area (Å²) in [6.07, 6.45) is 1.24. The number of aromatic hydroxyl groups is 2. The number of halogens is 1. The Morgan fingerprint density at radius 3 is 2.59 bits per heavy atom. The average Bonchev–Trinajstić information content (AvgIpc) is 3.11. The molecule has 0 aliphatic carbocycles. The molecule has 29 heavy (non-hydrogen) atoms. The van der Waals surface area contributed by atoms with Crippen LogP contribution in [-0.2, 0) is 11.2 Å². The zero-order valence-corrected chi connectivity index (χ0v) is 16.2. The number of nitrogens with zero attached hydrogens (tertiary/aromatic N) is 3. The van der Waals surface area contributed by atoms with Crippen LogP contribution in [0.2, 0.25) is 5.02 Å². The Balaban J connectivity index is 1.51. The molecule has 9 nitrogen and oxygen atoms in total. The fraction of sp³-hybridized carbons (Fsp3) is 0.0556. The molecule has 0 aliphatic rings. The van der Waals surface area contributed by atoms with Crippen LogP contribution in [0, 0.1) is 0 Å². The van der Waals surface area contributed by atoms with Gasteiger partial charge in [0, 0.05) is 10.6 Å². The Hall–Kier alpha value is -3.50. The molecule has 0 saturated heterocycles. The molecule has 0 aliphatic heterocycles. The third-order valence-electron chi connectivity index (χ3n) is 3.51. The first kappa shape index (κ1) is 20.2. The largest absolute Gasteiger partial charge is 0.504 e. The van der Waals surface area contributed by atoms with E-state index in [-0.39, 0.29) is 29.0 Å². The van der Waals surface area contributed by atoms with E-state index < -0.39 is 5.91 Å². The highest BCUT2D eigenvalue weighted by atomic mass is 35.5. The Morgan fingerprint density at radius 2 is 1.86 bits per heavy atom. The molecule has 0 unspecified atom stereocenters. The van der Waals surface area contributed by atoms with Crippen molar-refractivity contribution in [2.75, 3.05) is 5.32 Å². The lowest BCUT2D eigenvalue weighted by molar-refractivity contribution is -0.120. The lowest BCUT2D eigenvalue weighted by Gasteiger charge is -2.00. The molecule has 0 saturated carbocycles. The first-order chi connectivity index (χ1) is 13.9. The van der Waals surface area contributed by atoms with Gasteiger partial charge in [0.25, 0.3) is 5.91 Å². The number of carbonyl (C=O) groups is 2. The van der Waals surface area contributed by atoms with Crippen molar-refractivity contribution < 1.29 is 19.8 Å². The van der Waals surface area contributed by atoms with Crippen molar-refractivity contribution in [1.82, 2.24) is 15.6 Å². The molecule has 11 heteroatoms. The highest BCUT2D eigenvalue weighted by molar-refractivity contribution is 7.15. The van der Waals surface area contributed by atoms with Crippen LogP contribution < -0.4 is 10.7 Å². The van der Waals surface area contributed by atoms with Crippen molar-refractivity contribution in [3.8, 4) is 11.5 Å². The number of hydrazone groups is 1. The minimum absolute atomic E-state index is 0.0767. The molecule has 0 spiro atoms. The second-order valence-corrected chi connectivity index (χ2v) is 7.18. The standard InChI is InChI=1S/C18H14ClN5O4S/c19-12-4-2-11(3-5-12)17(28)21-18-24-23-16(29-18)8-15(27)22-20-9-10-1-6-13(25)14(26)7-10/h1-7,9,25-26H,8H2,(H,22,27)(H,21,24,28)/b20-9-. The summed E-state index contributed by atoms with van der Waals surface area (Å²) >= 11 is 6.86. The van der Waals surface area contributed by atoms with Gasteiger partial charge < -0.3 is 10.2 Å². The number of phenols is 2. The number of phenolic OH excluding ortho intramolecular Hbond substituents is 2. The number of nitrogens with one attached hydrogen (secondary N) is 2. The van der Waals surface area contributed by atoms with Crippen LogP contribution in [0.25, 0.3) is 0 Å². The van der Waals surface area contributed by atoms with E-state index in [0.29, 0.717) is 21.2 Å². The molecule has 3 rings (SSSR count). The summed E-state index contributed by atoms with van der Waals surface area (Å²) in [5.41, 5.74) is 3.23. The minimum atomic E-state index is -0.434. The normalized spacial score (nSPS) is 10.8. The Kier molecular flexibility index (Phi) is 6.37. The molecule has 1 aromatic heterocycles. The topological polar surface area (TPSA) is 137 Å². The molecule has 2 amide bonds. The number of anilines is 1. The van der Waals surface area contributed by atoms with Crippen LogP contribution in [0.4, 0.5) is 5.13 Å². The number of aromatic nitrogens is 2. The highest BCUT2D eigenvalue weighted by Crippen LogP contribution is 2.24. The van der Waals surface area contributed by atoms with E-state index in [1.54, 1.807) is 24.3 Å². The summed E-state index contributed by atoms with van der Waals surface area (Å²) in [6.45, 7) is 0. The van der Waals surface area contributed by atoms with Crippen molar-refractivity contribution in [2.45, 2.75) is 6.42 Å². The van der Waals surface area contributed by atoms with Gasteiger partial charge in [0.05, 0.1) is 12.6 Å². The van der Waals surface area contributed by atoms with Crippen molar-refractivity contribution in [2.24, 2.45) is 5.10 Å². The monoisotopic (exact) mass is 431 g/mol. The van der Waals surface area contributed by atoms with E-state index in [4.69, 9.17) is 11.6 Å². The van der Waals surface area contributed by atoms with Crippen LogP contribution in [0.3, 0.4) is 0 Å². The van der Waals surface area contributed by atoms with Gasteiger partial charge in [-0.15, -0.1) is 10.2 Å². The highest BCUT2D eigenvalue weighted by Gasteiger charge is 2.12. The second kappa shape index (κ2) is 9.13. The van der Waals surface area contributed by atoms with Gasteiger partial charge in [-0.3, -0.25) is 14.9 Å². The second-order valence-electron chi connectivity index (χ2n) is 5.68. The van der Waals surface area contributed by atoms with Crippen molar-refractivity contribution in [3.05, 3.63) is 63.6 Å². The molecule has 0 atom stereocenters. The number of hydrogen-bond donors (Lipinski definition) is 4. The summed E-state index contributed by atoms with van der Waals surface area (Å²) in [4.78, 5) is 24.1. The van der Waals surface area contributed by atoms with Crippen molar-refractivity contribution in [3.63, 3.8) is 0 Å². The number of amides is 2. The van der Waals surface area contributed by atoms with E-state index >= 15 is 0 Å². The smallest absolute Gasteiger partial charge is 0.257 e. The predicted octanol–water partition coefficient (Wildman–Crippen LogP) is 2.55. The summed E-state index contributed by atoms with van der Waals surface area (Å²) in [5.74, 6) is -1.34. The van der Waals surface area contributed by atoms with Crippen LogP contribution in [0.5, 0.6) is 11.5 Å². The van der Waals surface area contributed by atoms with E-state index in [0.717, 1.165) is 11.3 Å². The summed E-state index contributed by atoms with van der Waals surface area (Å²) < 4.78 is 0. The van der Waals surface area contributed by atoms with E-state index in [1.165, 1.54) is 24.4 Å². The molecule has 148 valence electrons. The number of rotatable bonds is 6. The Bertz CT molecular complexity index is 1070. The maximum atomic E-state index is 12.1. The van der Waals surface area contributed by atoms with E-state index in [9.17, 15) is 19.8 Å². The van der Waals surface area contributed by atoms with Gasteiger partial charge in [0.2, 0.25) is 11.0 Å². The molecule has 0 bridgehead atoms. The van der Waals surface area contributed by atoms with Crippen molar-refractivity contribution >= 4 is 46.1 Å². The molecular formula is C18H14ClN5O4S. The van der Waals surface area contributed by atoms with Gasteiger partial charge in [-0.25, -0.2) is 5.43 Å². The van der Waals surface area contributed by atoms with Gasteiger partial charge in [-0.05, 0) is 48.0 Å². The molecule has 3 aromatic rings. The molecule has 0 radical (unpaired) electrons. The number of benzene rings is 2. The Labute approximate surface area is 173 Å². The lowest BCUT2D eigenvalue weighted by atomic mass is 10.2. The maximum absolute atomic E-state index is 12.1.